The summed E-state index contributed by atoms with van der Waals surface area (Å²) in [6.45, 7) is 3.62. The zero-order chi connectivity index (χ0) is 14.5. The second-order valence-electron chi connectivity index (χ2n) is 4.58. The number of phenols is 1. The van der Waals surface area contributed by atoms with E-state index in [9.17, 15) is 9.90 Å². The van der Waals surface area contributed by atoms with Gasteiger partial charge in [-0.15, -0.1) is 0 Å². The Morgan fingerprint density at radius 2 is 1.95 bits per heavy atom. The molecule has 0 saturated heterocycles. The average Bonchev–Trinajstić information content (AvgIpc) is 2.41. The average molecular weight is 271 g/mol. The van der Waals surface area contributed by atoms with Crippen LogP contribution in [0.5, 0.6) is 11.5 Å². The number of rotatable bonds is 4. The third kappa shape index (κ3) is 3.51. The minimum Gasteiger partial charge on any atom is -0.506 e. The highest BCUT2D eigenvalue weighted by Gasteiger charge is 2.16. The van der Waals surface area contributed by atoms with Gasteiger partial charge in [0.25, 0.3) is 5.91 Å². The Hall–Kier alpha value is -2.49. The number of carbonyl (C=O) groups excluding carboxylic acids is 1. The molecule has 2 N–H and O–H groups in total. The van der Waals surface area contributed by atoms with Gasteiger partial charge in [-0.05, 0) is 43.7 Å². The second-order valence-corrected chi connectivity index (χ2v) is 4.58. The number of anilines is 1. The number of para-hydroxylation sites is 2. The molecule has 0 aromatic heterocycles. The van der Waals surface area contributed by atoms with E-state index in [4.69, 9.17) is 4.74 Å². The third-order valence-electron chi connectivity index (χ3n) is 2.83. The smallest absolute Gasteiger partial charge is 0.265 e. The van der Waals surface area contributed by atoms with Crippen LogP contribution in [0.4, 0.5) is 5.69 Å². The Morgan fingerprint density at radius 1 is 1.20 bits per heavy atom. The number of ether oxygens (including phenoxy) is 1. The molecule has 1 unspecified atom stereocenters. The van der Waals surface area contributed by atoms with Crippen LogP contribution >= 0.6 is 0 Å². The van der Waals surface area contributed by atoms with E-state index >= 15 is 0 Å². The van der Waals surface area contributed by atoms with Gasteiger partial charge in [0.1, 0.15) is 11.5 Å². The Bertz CT molecular complexity index is 610. The molecular formula is C16H17NO3. The van der Waals surface area contributed by atoms with Crippen molar-refractivity contribution in [2.75, 3.05) is 5.32 Å². The lowest BCUT2D eigenvalue weighted by molar-refractivity contribution is -0.122. The van der Waals surface area contributed by atoms with Crippen LogP contribution in [-0.4, -0.2) is 17.1 Å². The first kappa shape index (κ1) is 13.9. The van der Waals surface area contributed by atoms with Crippen molar-refractivity contribution in [3.05, 3.63) is 54.1 Å². The Morgan fingerprint density at radius 3 is 2.65 bits per heavy atom. The largest absolute Gasteiger partial charge is 0.506 e. The number of hydrogen-bond acceptors (Lipinski definition) is 3. The Balaban J connectivity index is 2.01. The van der Waals surface area contributed by atoms with Gasteiger partial charge >= 0.3 is 0 Å². The molecule has 4 heteroatoms. The minimum absolute atomic E-state index is 0.0311. The lowest BCUT2D eigenvalue weighted by atomic mass is 10.2. The van der Waals surface area contributed by atoms with Gasteiger partial charge in [-0.2, -0.15) is 0 Å². The van der Waals surface area contributed by atoms with E-state index in [1.165, 1.54) is 6.07 Å². The third-order valence-corrected chi connectivity index (χ3v) is 2.83. The molecule has 4 nitrogen and oxygen atoms in total. The fraction of sp³-hybridized carbons (Fsp3) is 0.188. The molecule has 0 bridgehead atoms. The quantitative estimate of drug-likeness (QED) is 0.840. The molecule has 104 valence electrons. The van der Waals surface area contributed by atoms with Crippen LogP contribution in [0.1, 0.15) is 12.5 Å². The number of amides is 1. The molecule has 0 saturated carbocycles. The molecule has 0 aliphatic carbocycles. The maximum Gasteiger partial charge on any atom is 0.265 e. The van der Waals surface area contributed by atoms with E-state index in [1.807, 2.05) is 25.1 Å². The Kier molecular flexibility index (Phi) is 4.25. The van der Waals surface area contributed by atoms with Crippen molar-refractivity contribution in [2.45, 2.75) is 20.0 Å². The zero-order valence-electron chi connectivity index (χ0n) is 11.5. The summed E-state index contributed by atoms with van der Waals surface area (Å²) in [5.41, 5.74) is 1.44. The van der Waals surface area contributed by atoms with Crippen LogP contribution in [0.2, 0.25) is 0 Å². The fourth-order valence-corrected chi connectivity index (χ4v) is 1.76. The number of aromatic hydroxyl groups is 1. The standard InChI is InChI=1S/C16H17NO3/c1-11-6-5-7-13(10-11)20-12(2)16(19)17-14-8-3-4-9-15(14)18/h3-10,12,18H,1-2H3,(H,17,19). The maximum atomic E-state index is 12.0. The number of phenolic OH excluding ortho intramolecular Hbond substituents is 1. The van der Waals surface area contributed by atoms with Gasteiger partial charge in [0.05, 0.1) is 5.69 Å². The molecule has 2 rings (SSSR count). The van der Waals surface area contributed by atoms with Gasteiger partial charge in [-0.3, -0.25) is 4.79 Å². The molecule has 0 radical (unpaired) electrons. The van der Waals surface area contributed by atoms with E-state index in [0.29, 0.717) is 11.4 Å². The first-order valence-corrected chi connectivity index (χ1v) is 6.38. The number of aryl methyl sites for hydroxylation is 1. The molecule has 0 heterocycles. The minimum atomic E-state index is -0.656. The molecule has 0 aliphatic heterocycles. The molecule has 0 aliphatic rings. The summed E-state index contributed by atoms with van der Waals surface area (Å²) in [6.07, 6.45) is -0.656. The van der Waals surface area contributed by atoms with Gasteiger partial charge < -0.3 is 15.2 Å². The summed E-state index contributed by atoms with van der Waals surface area (Å²) < 4.78 is 5.58. The molecule has 0 fully saturated rings. The summed E-state index contributed by atoms with van der Waals surface area (Å²) in [5, 5.41) is 12.2. The lowest BCUT2D eigenvalue weighted by Crippen LogP contribution is -2.30. The molecule has 1 atom stereocenters. The molecular weight excluding hydrogens is 254 g/mol. The van der Waals surface area contributed by atoms with Crippen LogP contribution < -0.4 is 10.1 Å². The lowest BCUT2D eigenvalue weighted by Gasteiger charge is -2.15. The molecule has 2 aromatic rings. The van der Waals surface area contributed by atoms with Gasteiger partial charge in [-0.25, -0.2) is 0 Å². The summed E-state index contributed by atoms with van der Waals surface area (Å²) >= 11 is 0. The van der Waals surface area contributed by atoms with Gasteiger partial charge in [0.15, 0.2) is 6.10 Å². The first-order chi connectivity index (χ1) is 9.56. The molecule has 0 spiro atoms. The van der Waals surface area contributed by atoms with Crippen molar-refractivity contribution in [1.29, 1.82) is 0 Å². The van der Waals surface area contributed by atoms with E-state index < -0.39 is 6.10 Å². The molecule has 20 heavy (non-hydrogen) atoms. The summed E-state index contributed by atoms with van der Waals surface area (Å²) in [7, 11) is 0. The first-order valence-electron chi connectivity index (χ1n) is 6.38. The summed E-state index contributed by atoms with van der Waals surface area (Å²) in [4.78, 5) is 12.0. The van der Waals surface area contributed by atoms with Crippen molar-refractivity contribution in [1.82, 2.24) is 0 Å². The van der Waals surface area contributed by atoms with E-state index in [2.05, 4.69) is 5.32 Å². The molecule has 1 amide bonds. The Labute approximate surface area is 118 Å². The SMILES string of the molecule is Cc1cccc(OC(C)C(=O)Nc2ccccc2O)c1. The van der Waals surface area contributed by atoms with Crippen molar-refractivity contribution in [3.63, 3.8) is 0 Å². The predicted molar refractivity (Wildman–Crippen MR) is 78.0 cm³/mol. The van der Waals surface area contributed by atoms with Crippen LogP contribution in [0, 0.1) is 6.92 Å². The number of hydrogen-bond donors (Lipinski definition) is 2. The van der Waals surface area contributed by atoms with E-state index in [0.717, 1.165) is 5.56 Å². The van der Waals surface area contributed by atoms with Crippen molar-refractivity contribution in [3.8, 4) is 11.5 Å². The summed E-state index contributed by atoms with van der Waals surface area (Å²) in [6, 6.07) is 14.1. The summed E-state index contributed by atoms with van der Waals surface area (Å²) in [5.74, 6) is 0.363. The normalized spacial score (nSPS) is 11.7. The van der Waals surface area contributed by atoms with Crippen molar-refractivity contribution >= 4 is 11.6 Å². The van der Waals surface area contributed by atoms with Crippen LogP contribution in [0.25, 0.3) is 0 Å². The monoisotopic (exact) mass is 271 g/mol. The van der Waals surface area contributed by atoms with Crippen LogP contribution in [0.3, 0.4) is 0 Å². The molecule has 2 aromatic carbocycles. The van der Waals surface area contributed by atoms with Gasteiger partial charge in [-0.1, -0.05) is 24.3 Å². The van der Waals surface area contributed by atoms with E-state index in [-0.39, 0.29) is 11.7 Å². The highest BCUT2D eigenvalue weighted by molar-refractivity contribution is 5.95. The number of benzene rings is 2. The topological polar surface area (TPSA) is 58.6 Å². The number of carbonyl (C=O) groups is 1. The number of nitrogens with one attached hydrogen (secondary N) is 1. The zero-order valence-corrected chi connectivity index (χ0v) is 11.5. The van der Waals surface area contributed by atoms with E-state index in [1.54, 1.807) is 31.2 Å². The maximum absolute atomic E-state index is 12.0. The highest BCUT2D eigenvalue weighted by Crippen LogP contribution is 2.22. The van der Waals surface area contributed by atoms with Crippen molar-refractivity contribution < 1.29 is 14.6 Å². The predicted octanol–water partition coefficient (Wildman–Crippen LogP) is 3.11. The fourth-order valence-electron chi connectivity index (χ4n) is 1.76. The van der Waals surface area contributed by atoms with Crippen LogP contribution in [0.15, 0.2) is 48.5 Å². The van der Waals surface area contributed by atoms with Gasteiger partial charge in [0, 0.05) is 0 Å². The van der Waals surface area contributed by atoms with Crippen molar-refractivity contribution in [2.24, 2.45) is 0 Å². The van der Waals surface area contributed by atoms with Gasteiger partial charge in [0.2, 0.25) is 0 Å². The highest BCUT2D eigenvalue weighted by atomic mass is 16.5. The van der Waals surface area contributed by atoms with Crippen LogP contribution in [-0.2, 0) is 4.79 Å². The second kappa shape index (κ2) is 6.10.